The number of pyridine rings is 1. The molecule has 0 radical (unpaired) electrons. The molecule has 2 aromatic carbocycles. The van der Waals surface area contributed by atoms with Crippen molar-refractivity contribution in [1.29, 1.82) is 0 Å². The molecule has 0 spiro atoms. The Morgan fingerprint density at radius 3 is 2.47 bits per heavy atom. The van der Waals surface area contributed by atoms with Crippen LogP contribution in [0.5, 0.6) is 0 Å². The number of hydrogen-bond acceptors (Lipinski definition) is 5. The molecule has 2 N–H and O–H groups in total. The highest BCUT2D eigenvalue weighted by Crippen LogP contribution is 2.15. The van der Waals surface area contributed by atoms with Gasteiger partial charge < -0.3 is 10.2 Å². The van der Waals surface area contributed by atoms with Gasteiger partial charge in [0, 0.05) is 44.5 Å². The summed E-state index contributed by atoms with van der Waals surface area (Å²) in [5, 5.41) is 2.83. The highest BCUT2D eigenvalue weighted by Gasteiger charge is 2.16. The molecular weight excluding hydrogens is 400 g/mol. The van der Waals surface area contributed by atoms with Crippen molar-refractivity contribution in [2.75, 3.05) is 19.0 Å². The minimum absolute atomic E-state index is 0.0430. The second-order valence-corrected chi connectivity index (χ2v) is 8.67. The zero-order valence-electron chi connectivity index (χ0n) is 16.9. The number of nitrogens with one attached hydrogen (secondary N) is 2. The van der Waals surface area contributed by atoms with Crippen molar-refractivity contribution in [2.24, 2.45) is 0 Å². The van der Waals surface area contributed by atoms with Crippen LogP contribution in [0.1, 0.15) is 21.5 Å². The second kappa shape index (κ2) is 9.51. The van der Waals surface area contributed by atoms with E-state index in [2.05, 4.69) is 15.0 Å². The Morgan fingerprint density at radius 1 is 0.967 bits per heavy atom. The third-order valence-electron chi connectivity index (χ3n) is 4.45. The standard InChI is InChI=1S/C22H24N4O3S/c1-26(2)21-19(11-7-13-23-21)16-24-22(27)18-10-6-12-20(14-18)30(28,29)25-15-17-8-4-3-5-9-17/h3-14,25H,15-16H2,1-2H3,(H,24,27). The smallest absolute Gasteiger partial charge is 0.251 e. The van der Waals surface area contributed by atoms with E-state index >= 15 is 0 Å². The Kier molecular flexibility index (Phi) is 6.81. The molecule has 0 unspecified atom stereocenters. The number of carbonyl (C=O) groups is 1. The molecule has 0 atom stereocenters. The average Bonchev–Trinajstić information content (AvgIpc) is 2.77. The number of anilines is 1. The van der Waals surface area contributed by atoms with Crippen LogP contribution in [0, 0.1) is 0 Å². The molecule has 0 aliphatic heterocycles. The number of benzene rings is 2. The molecule has 1 aromatic heterocycles. The molecule has 7 nitrogen and oxygen atoms in total. The monoisotopic (exact) mass is 424 g/mol. The van der Waals surface area contributed by atoms with E-state index in [9.17, 15) is 13.2 Å². The second-order valence-electron chi connectivity index (χ2n) is 6.90. The number of sulfonamides is 1. The number of rotatable bonds is 8. The van der Waals surface area contributed by atoms with Crippen LogP contribution in [0.25, 0.3) is 0 Å². The number of carbonyl (C=O) groups excluding carboxylic acids is 1. The van der Waals surface area contributed by atoms with Gasteiger partial charge in [0.2, 0.25) is 10.0 Å². The summed E-state index contributed by atoms with van der Waals surface area (Å²) in [5.74, 6) is 0.405. The molecule has 0 aliphatic carbocycles. The molecule has 0 fully saturated rings. The van der Waals surface area contributed by atoms with Crippen molar-refractivity contribution >= 4 is 21.7 Å². The summed E-state index contributed by atoms with van der Waals surface area (Å²) >= 11 is 0. The summed E-state index contributed by atoms with van der Waals surface area (Å²) in [6.07, 6.45) is 1.69. The SMILES string of the molecule is CN(C)c1ncccc1CNC(=O)c1cccc(S(=O)(=O)NCc2ccccc2)c1. The number of hydrogen-bond donors (Lipinski definition) is 2. The largest absolute Gasteiger partial charge is 0.362 e. The van der Waals surface area contributed by atoms with Gasteiger partial charge in [-0.15, -0.1) is 0 Å². The highest BCUT2D eigenvalue weighted by atomic mass is 32.2. The van der Waals surface area contributed by atoms with Crippen molar-refractivity contribution < 1.29 is 13.2 Å². The summed E-state index contributed by atoms with van der Waals surface area (Å²) in [6.45, 7) is 0.456. The molecule has 0 saturated carbocycles. The van der Waals surface area contributed by atoms with Crippen molar-refractivity contribution in [3.8, 4) is 0 Å². The van der Waals surface area contributed by atoms with Gasteiger partial charge in [-0.05, 0) is 29.8 Å². The van der Waals surface area contributed by atoms with Gasteiger partial charge in [0.05, 0.1) is 4.90 Å². The van der Waals surface area contributed by atoms with E-state index in [0.29, 0.717) is 0 Å². The van der Waals surface area contributed by atoms with Gasteiger partial charge in [0.1, 0.15) is 5.82 Å². The Bertz CT molecular complexity index is 1120. The van der Waals surface area contributed by atoms with E-state index in [1.807, 2.05) is 55.4 Å². The number of nitrogens with zero attached hydrogens (tertiary/aromatic N) is 2. The Morgan fingerprint density at radius 2 is 1.73 bits per heavy atom. The fourth-order valence-electron chi connectivity index (χ4n) is 2.91. The van der Waals surface area contributed by atoms with Gasteiger partial charge in [-0.25, -0.2) is 18.1 Å². The van der Waals surface area contributed by atoms with Crippen molar-refractivity contribution in [3.63, 3.8) is 0 Å². The summed E-state index contributed by atoms with van der Waals surface area (Å²) in [7, 11) is 0.0126. The first-order valence-corrected chi connectivity index (χ1v) is 10.9. The first kappa shape index (κ1) is 21.5. The molecule has 30 heavy (non-hydrogen) atoms. The minimum Gasteiger partial charge on any atom is -0.362 e. The van der Waals surface area contributed by atoms with Crippen LogP contribution in [0.15, 0.2) is 77.8 Å². The lowest BCUT2D eigenvalue weighted by atomic mass is 10.2. The lowest BCUT2D eigenvalue weighted by Gasteiger charge is -2.16. The van der Waals surface area contributed by atoms with E-state index in [1.165, 1.54) is 12.1 Å². The number of amides is 1. The van der Waals surface area contributed by atoms with Crippen LogP contribution in [0.2, 0.25) is 0 Å². The van der Waals surface area contributed by atoms with Crippen molar-refractivity contribution in [1.82, 2.24) is 15.0 Å². The molecular formula is C22H24N4O3S. The molecule has 8 heteroatoms. The predicted molar refractivity (Wildman–Crippen MR) is 117 cm³/mol. The van der Waals surface area contributed by atoms with Crippen LogP contribution in [0.3, 0.4) is 0 Å². The topological polar surface area (TPSA) is 91.4 Å². The quantitative estimate of drug-likeness (QED) is 0.580. The van der Waals surface area contributed by atoms with Gasteiger partial charge >= 0.3 is 0 Å². The third kappa shape index (κ3) is 5.43. The van der Waals surface area contributed by atoms with E-state index in [-0.39, 0.29) is 29.5 Å². The van der Waals surface area contributed by atoms with Gasteiger partial charge in [0.15, 0.2) is 0 Å². The summed E-state index contributed by atoms with van der Waals surface area (Å²) in [4.78, 5) is 18.8. The Hall–Kier alpha value is -3.23. The fraction of sp³-hybridized carbons (Fsp3) is 0.182. The first-order valence-electron chi connectivity index (χ1n) is 9.40. The normalized spacial score (nSPS) is 11.1. The lowest BCUT2D eigenvalue weighted by molar-refractivity contribution is 0.0950. The van der Waals surface area contributed by atoms with Gasteiger partial charge in [-0.1, -0.05) is 42.5 Å². The molecule has 1 amide bonds. The fourth-order valence-corrected chi connectivity index (χ4v) is 3.97. The van der Waals surface area contributed by atoms with Gasteiger partial charge in [-0.3, -0.25) is 4.79 Å². The molecule has 0 aliphatic rings. The van der Waals surface area contributed by atoms with Crippen molar-refractivity contribution in [2.45, 2.75) is 18.0 Å². The maximum absolute atomic E-state index is 12.6. The zero-order chi connectivity index (χ0) is 21.6. The molecule has 3 aromatic rings. The van der Waals surface area contributed by atoms with Crippen LogP contribution >= 0.6 is 0 Å². The maximum Gasteiger partial charge on any atom is 0.251 e. The highest BCUT2D eigenvalue weighted by molar-refractivity contribution is 7.89. The molecule has 0 saturated heterocycles. The van der Waals surface area contributed by atoms with Crippen LogP contribution < -0.4 is 14.9 Å². The average molecular weight is 425 g/mol. The molecule has 0 bridgehead atoms. The van der Waals surface area contributed by atoms with Gasteiger partial charge in [-0.2, -0.15) is 0 Å². The summed E-state index contributed by atoms with van der Waals surface area (Å²) < 4.78 is 27.8. The molecule has 1 heterocycles. The van der Waals surface area contributed by atoms with E-state index in [4.69, 9.17) is 0 Å². The summed E-state index contributed by atoms with van der Waals surface area (Å²) in [6, 6.07) is 18.9. The van der Waals surface area contributed by atoms with E-state index in [0.717, 1.165) is 16.9 Å². The van der Waals surface area contributed by atoms with Gasteiger partial charge in [0.25, 0.3) is 5.91 Å². The maximum atomic E-state index is 12.6. The van der Waals surface area contributed by atoms with Crippen LogP contribution in [0.4, 0.5) is 5.82 Å². The third-order valence-corrected chi connectivity index (χ3v) is 5.85. The first-order chi connectivity index (χ1) is 14.4. The Labute approximate surface area is 176 Å². The van der Waals surface area contributed by atoms with Crippen LogP contribution in [-0.2, 0) is 23.1 Å². The zero-order valence-corrected chi connectivity index (χ0v) is 17.7. The Balaban J connectivity index is 1.69. The predicted octanol–water partition coefficient (Wildman–Crippen LogP) is 2.56. The molecule has 156 valence electrons. The minimum atomic E-state index is -3.75. The van der Waals surface area contributed by atoms with Crippen molar-refractivity contribution in [3.05, 3.63) is 89.6 Å². The van der Waals surface area contributed by atoms with E-state index < -0.39 is 10.0 Å². The lowest BCUT2D eigenvalue weighted by Crippen LogP contribution is -2.26. The number of aromatic nitrogens is 1. The van der Waals surface area contributed by atoms with Crippen LogP contribution in [-0.4, -0.2) is 33.4 Å². The molecule has 3 rings (SSSR count). The van der Waals surface area contributed by atoms with E-state index in [1.54, 1.807) is 24.4 Å². The summed E-state index contributed by atoms with van der Waals surface area (Å²) in [5.41, 5.74) is 1.99.